The Morgan fingerprint density at radius 2 is 1.68 bits per heavy atom. The molecule has 0 radical (unpaired) electrons. The van der Waals surface area contributed by atoms with Crippen molar-refractivity contribution in [2.45, 2.75) is 6.61 Å². The summed E-state index contributed by atoms with van der Waals surface area (Å²) in [6.45, 7) is -2.98. The van der Waals surface area contributed by atoms with Crippen LogP contribution < -0.4 is 24.3 Å². The first kappa shape index (κ1) is 18.3. The maximum absolute atomic E-state index is 12.5. The first-order valence-electron chi connectivity index (χ1n) is 7.15. The van der Waals surface area contributed by atoms with Gasteiger partial charge in [0.1, 0.15) is 0 Å². The molecule has 25 heavy (non-hydrogen) atoms. The third-order valence-electron chi connectivity index (χ3n) is 3.29. The normalized spacial score (nSPS) is 10.3. The summed E-state index contributed by atoms with van der Waals surface area (Å²) < 4.78 is 44.4. The van der Waals surface area contributed by atoms with E-state index >= 15 is 0 Å². The van der Waals surface area contributed by atoms with Crippen LogP contribution in [0.15, 0.2) is 36.4 Å². The second kappa shape index (κ2) is 8.18. The van der Waals surface area contributed by atoms with Crippen LogP contribution in [0, 0.1) is 0 Å². The van der Waals surface area contributed by atoms with Crippen molar-refractivity contribution in [2.75, 3.05) is 26.6 Å². The van der Waals surface area contributed by atoms with E-state index in [4.69, 9.17) is 14.2 Å². The van der Waals surface area contributed by atoms with Gasteiger partial charge in [-0.25, -0.2) is 0 Å². The zero-order valence-electron chi connectivity index (χ0n) is 13.8. The van der Waals surface area contributed by atoms with Crippen molar-refractivity contribution >= 4 is 11.6 Å². The Morgan fingerprint density at radius 3 is 2.28 bits per heavy atom. The molecule has 0 aromatic heterocycles. The number of alkyl halides is 2. The van der Waals surface area contributed by atoms with Crippen LogP contribution in [0.4, 0.5) is 14.5 Å². The quantitative estimate of drug-likeness (QED) is 0.824. The highest BCUT2D eigenvalue weighted by Gasteiger charge is 2.17. The van der Waals surface area contributed by atoms with Crippen LogP contribution >= 0.6 is 0 Å². The smallest absolute Gasteiger partial charge is 0.387 e. The van der Waals surface area contributed by atoms with E-state index in [2.05, 4.69) is 10.1 Å². The Hall–Kier alpha value is -3.03. The van der Waals surface area contributed by atoms with Crippen molar-refractivity contribution in [2.24, 2.45) is 0 Å². The van der Waals surface area contributed by atoms with E-state index < -0.39 is 12.5 Å². The molecule has 134 valence electrons. The van der Waals surface area contributed by atoms with E-state index in [1.807, 2.05) is 0 Å². The number of hydrogen-bond acceptors (Lipinski definition) is 5. The molecule has 8 heteroatoms. The average molecular weight is 353 g/mol. The first-order chi connectivity index (χ1) is 12.0. The van der Waals surface area contributed by atoms with Crippen molar-refractivity contribution in [3.05, 3.63) is 42.0 Å². The lowest BCUT2D eigenvalue weighted by Gasteiger charge is -2.14. The van der Waals surface area contributed by atoms with Crippen molar-refractivity contribution in [3.8, 4) is 23.0 Å². The van der Waals surface area contributed by atoms with Crippen LogP contribution in [0.25, 0.3) is 0 Å². The van der Waals surface area contributed by atoms with Gasteiger partial charge < -0.3 is 24.3 Å². The van der Waals surface area contributed by atoms with Crippen molar-refractivity contribution in [1.82, 2.24) is 0 Å². The predicted octanol–water partition coefficient (Wildman–Crippen LogP) is 3.57. The molecule has 0 saturated heterocycles. The molecule has 0 aliphatic heterocycles. The van der Waals surface area contributed by atoms with Gasteiger partial charge in [0.25, 0.3) is 5.91 Å². The van der Waals surface area contributed by atoms with Crippen LogP contribution in [0.2, 0.25) is 0 Å². The molecule has 0 aliphatic rings. The maximum Gasteiger partial charge on any atom is 0.387 e. The number of hydrogen-bond donors (Lipinski definition) is 1. The van der Waals surface area contributed by atoms with Gasteiger partial charge in [-0.1, -0.05) is 6.07 Å². The summed E-state index contributed by atoms with van der Waals surface area (Å²) in [5.41, 5.74) is 0.599. The first-order valence-corrected chi connectivity index (χ1v) is 7.15. The molecule has 0 saturated carbocycles. The zero-order valence-corrected chi connectivity index (χ0v) is 13.8. The summed E-state index contributed by atoms with van der Waals surface area (Å²) in [5, 5.41) is 2.64. The number of carbonyl (C=O) groups excluding carboxylic acids is 1. The van der Waals surface area contributed by atoms with E-state index in [0.717, 1.165) is 0 Å². The molecular formula is C17H17F2NO5. The SMILES string of the molecule is COc1cc(NC(=O)c2cccc(OC)c2OC)ccc1OC(F)F. The Labute approximate surface area is 143 Å². The highest BCUT2D eigenvalue weighted by molar-refractivity contribution is 6.06. The summed E-state index contributed by atoms with van der Waals surface area (Å²) in [5.74, 6) is 0.172. The van der Waals surface area contributed by atoms with Crippen LogP contribution in [-0.2, 0) is 0 Å². The number of halogens is 2. The minimum atomic E-state index is -2.98. The third kappa shape index (κ3) is 4.28. The monoisotopic (exact) mass is 353 g/mol. The molecule has 0 heterocycles. The lowest BCUT2D eigenvalue weighted by molar-refractivity contribution is -0.0512. The molecule has 6 nitrogen and oxygen atoms in total. The predicted molar refractivity (Wildman–Crippen MR) is 87.1 cm³/mol. The number of rotatable bonds is 7. The number of amides is 1. The molecule has 2 rings (SSSR count). The fourth-order valence-electron chi connectivity index (χ4n) is 2.20. The lowest BCUT2D eigenvalue weighted by atomic mass is 10.1. The standard InChI is InChI=1S/C17H17F2NO5/c1-22-13-6-4-5-11(15(13)24-3)16(21)20-10-7-8-12(25-17(18)19)14(9-10)23-2/h4-9,17H,1-3H3,(H,20,21). The van der Waals surface area contributed by atoms with Gasteiger partial charge in [-0.05, 0) is 24.3 Å². The van der Waals surface area contributed by atoms with Crippen LogP contribution in [-0.4, -0.2) is 33.8 Å². The van der Waals surface area contributed by atoms with Gasteiger partial charge in [-0.2, -0.15) is 8.78 Å². The molecule has 0 aliphatic carbocycles. The van der Waals surface area contributed by atoms with Crippen molar-refractivity contribution in [3.63, 3.8) is 0 Å². The number of ether oxygens (including phenoxy) is 4. The zero-order chi connectivity index (χ0) is 18.4. The number of benzene rings is 2. The van der Waals surface area contributed by atoms with Crippen molar-refractivity contribution < 1.29 is 32.5 Å². The third-order valence-corrected chi connectivity index (χ3v) is 3.29. The fraction of sp³-hybridized carbons (Fsp3) is 0.235. The number of para-hydroxylation sites is 1. The minimum absolute atomic E-state index is 0.0655. The molecule has 2 aromatic rings. The molecule has 0 fully saturated rings. The van der Waals surface area contributed by atoms with Gasteiger partial charge >= 0.3 is 6.61 Å². The molecule has 2 aromatic carbocycles. The number of nitrogens with one attached hydrogen (secondary N) is 1. The second-order valence-corrected chi connectivity index (χ2v) is 4.74. The largest absolute Gasteiger partial charge is 0.493 e. The Kier molecular flexibility index (Phi) is 5.99. The Morgan fingerprint density at radius 1 is 0.960 bits per heavy atom. The number of methoxy groups -OCH3 is 3. The van der Waals surface area contributed by atoms with Crippen LogP contribution in [0.3, 0.4) is 0 Å². The highest BCUT2D eigenvalue weighted by Crippen LogP contribution is 2.33. The Bertz CT molecular complexity index is 752. The van der Waals surface area contributed by atoms with Crippen LogP contribution in [0.5, 0.6) is 23.0 Å². The average Bonchev–Trinajstić information content (AvgIpc) is 2.61. The number of anilines is 1. The summed E-state index contributed by atoms with van der Waals surface area (Å²) >= 11 is 0. The van der Waals surface area contributed by atoms with Gasteiger partial charge in [0.2, 0.25) is 0 Å². The van der Waals surface area contributed by atoms with E-state index in [-0.39, 0.29) is 22.8 Å². The molecule has 0 unspecified atom stereocenters. The van der Waals surface area contributed by atoms with Gasteiger partial charge in [-0.15, -0.1) is 0 Å². The molecule has 0 bridgehead atoms. The minimum Gasteiger partial charge on any atom is -0.493 e. The van der Waals surface area contributed by atoms with Crippen molar-refractivity contribution in [1.29, 1.82) is 0 Å². The molecule has 1 N–H and O–H groups in total. The van der Waals surface area contributed by atoms with Gasteiger partial charge in [-0.3, -0.25) is 4.79 Å². The number of carbonyl (C=O) groups is 1. The van der Waals surface area contributed by atoms with E-state index in [1.54, 1.807) is 18.2 Å². The van der Waals surface area contributed by atoms with Gasteiger partial charge in [0.15, 0.2) is 23.0 Å². The lowest BCUT2D eigenvalue weighted by Crippen LogP contribution is -2.14. The summed E-state index contributed by atoms with van der Waals surface area (Å²) in [6.07, 6.45) is 0. The van der Waals surface area contributed by atoms with Gasteiger partial charge in [0, 0.05) is 11.8 Å². The highest BCUT2D eigenvalue weighted by atomic mass is 19.3. The summed E-state index contributed by atoms with van der Waals surface area (Å²) in [4.78, 5) is 12.5. The topological polar surface area (TPSA) is 66.0 Å². The van der Waals surface area contributed by atoms with E-state index in [9.17, 15) is 13.6 Å². The van der Waals surface area contributed by atoms with E-state index in [0.29, 0.717) is 11.4 Å². The molecule has 0 spiro atoms. The van der Waals surface area contributed by atoms with E-state index in [1.165, 1.54) is 39.5 Å². The van der Waals surface area contributed by atoms with Gasteiger partial charge in [0.05, 0.1) is 26.9 Å². The molecular weight excluding hydrogens is 336 g/mol. The summed E-state index contributed by atoms with van der Waals surface area (Å²) in [6, 6.07) is 8.96. The fourth-order valence-corrected chi connectivity index (χ4v) is 2.20. The van der Waals surface area contributed by atoms with Crippen LogP contribution in [0.1, 0.15) is 10.4 Å². The summed E-state index contributed by atoms with van der Waals surface area (Å²) in [7, 11) is 4.20. The Balaban J connectivity index is 2.26. The molecule has 0 atom stereocenters. The second-order valence-electron chi connectivity index (χ2n) is 4.74. The molecule has 1 amide bonds. The maximum atomic E-state index is 12.5.